The lowest BCUT2D eigenvalue weighted by molar-refractivity contribution is 0.223. The number of nitrogens with two attached hydrogens (primary N) is 1. The Kier molecular flexibility index (Phi) is 5.26. The largest absolute Gasteiger partial charge is 0.490 e. The molecule has 1 aromatic carbocycles. The van der Waals surface area contributed by atoms with Crippen molar-refractivity contribution in [3.05, 3.63) is 23.8 Å². The Bertz CT molecular complexity index is 434. The van der Waals surface area contributed by atoms with Crippen LogP contribution in [0.5, 0.6) is 11.5 Å². The van der Waals surface area contributed by atoms with Crippen LogP contribution in [0, 0.1) is 5.92 Å². The Labute approximate surface area is 121 Å². The number of likely N-dealkylation sites (N-methyl/N-ethyl adjacent to an activating group) is 1. The highest BCUT2D eigenvalue weighted by molar-refractivity contribution is 5.44. The van der Waals surface area contributed by atoms with E-state index in [1.165, 1.54) is 5.56 Å². The summed E-state index contributed by atoms with van der Waals surface area (Å²) in [5.41, 5.74) is 7.17. The summed E-state index contributed by atoms with van der Waals surface area (Å²) in [5.74, 6) is 2.30. The van der Waals surface area contributed by atoms with Gasteiger partial charge in [-0.2, -0.15) is 0 Å². The second kappa shape index (κ2) is 6.95. The average Bonchev–Trinajstić information content (AvgIpc) is 2.63. The van der Waals surface area contributed by atoms with Gasteiger partial charge in [-0.05, 0) is 30.7 Å². The molecular formula is C16H26N2O2. The minimum absolute atomic E-state index is 0.217. The van der Waals surface area contributed by atoms with Crippen molar-refractivity contribution in [2.24, 2.45) is 11.7 Å². The van der Waals surface area contributed by atoms with E-state index in [4.69, 9.17) is 15.2 Å². The third-order valence-electron chi connectivity index (χ3n) is 3.56. The predicted molar refractivity (Wildman–Crippen MR) is 81.3 cm³/mol. The van der Waals surface area contributed by atoms with E-state index in [0.717, 1.165) is 31.1 Å². The SMILES string of the molecule is CC(C)CN(C)C(CN)c1ccc2c(c1)OCCCO2. The summed E-state index contributed by atoms with van der Waals surface area (Å²) < 4.78 is 11.4. The van der Waals surface area contributed by atoms with Gasteiger partial charge in [-0.3, -0.25) is 4.90 Å². The van der Waals surface area contributed by atoms with Gasteiger partial charge in [-0.25, -0.2) is 0 Å². The number of benzene rings is 1. The molecule has 0 saturated heterocycles. The molecule has 112 valence electrons. The minimum Gasteiger partial charge on any atom is -0.490 e. The van der Waals surface area contributed by atoms with E-state index in [1.807, 2.05) is 6.07 Å². The van der Waals surface area contributed by atoms with Crippen LogP contribution in [0.25, 0.3) is 0 Å². The van der Waals surface area contributed by atoms with Crippen LogP contribution < -0.4 is 15.2 Å². The van der Waals surface area contributed by atoms with Crippen LogP contribution in [0.3, 0.4) is 0 Å². The van der Waals surface area contributed by atoms with Gasteiger partial charge in [0.2, 0.25) is 0 Å². The van der Waals surface area contributed by atoms with Gasteiger partial charge in [0.15, 0.2) is 11.5 Å². The first-order valence-electron chi connectivity index (χ1n) is 7.41. The number of fused-ring (bicyclic) bond motifs is 1. The molecule has 0 bridgehead atoms. The van der Waals surface area contributed by atoms with Gasteiger partial charge in [0.25, 0.3) is 0 Å². The third-order valence-corrected chi connectivity index (χ3v) is 3.56. The van der Waals surface area contributed by atoms with Crippen LogP contribution in [-0.4, -0.2) is 38.3 Å². The van der Waals surface area contributed by atoms with Crippen molar-refractivity contribution in [1.29, 1.82) is 0 Å². The standard InChI is InChI=1S/C16H26N2O2/c1-12(2)11-18(3)14(10-17)13-5-6-15-16(9-13)20-8-4-7-19-15/h5-6,9,12,14H,4,7-8,10-11,17H2,1-3H3. The van der Waals surface area contributed by atoms with Crippen molar-refractivity contribution in [1.82, 2.24) is 4.90 Å². The number of ether oxygens (including phenoxy) is 2. The molecule has 1 aliphatic rings. The molecule has 1 heterocycles. The molecule has 0 spiro atoms. The predicted octanol–water partition coefficient (Wildman–Crippen LogP) is 2.44. The number of rotatable bonds is 5. The Hall–Kier alpha value is -1.26. The fourth-order valence-electron chi connectivity index (χ4n) is 2.66. The topological polar surface area (TPSA) is 47.7 Å². The molecule has 0 amide bonds. The van der Waals surface area contributed by atoms with Crippen molar-refractivity contribution < 1.29 is 9.47 Å². The maximum Gasteiger partial charge on any atom is 0.161 e. The monoisotopic (exact) mass is 278 g/mol. The van der Waals surface area contributed by atoms with Gasteiger partial charge >= 0.3 is 0 Å². The highest BCUT2D eigenvalue weighted by atomic mass is 16.5. The van der Waals surface area contributed by atoms with E-state index in [0.29, 0.717) is 19.1 Å². The second-order valence-corrected chi connectivity index (χ2v) is 5.84. The molecule has 2 rings (SSSR count). The second-order valence-electron chi connectivity index (χ2n) is 5.84. The zero-order valence-corrected chi connectivity index (χ0v) is 12.8. The highest BCUT2D eigenvalue weighted by Crippen LogP contribution is 2.33. The summed E-state index contributed by atoms with van der Waals surface area (Å²) in [6, 6.07) is 6.40. The van der Waals surface area contributed by atoms with E-state index < -0.39 is 0 Å². The van der Waals surface area contributed by atoms with Crippen LogP contribution in [-0.2, 0) is 0 Å². The normalized spacial score (nSPS) is 16.3. The van der Waals surface area contributed by atoms with Gasteiger partial charge in [0.1, 0.15) is 0 Å². The molecule has 0 aromatic heterocycles. The van der Waals surface area contributed by atoms with Gasteiger partial charge in [0.05, 0.1) is 13.2 Å². The van der Waals surface area contributed by atoms with E-state index in [9.17, 15) is 0 Å². The molecule has 2 N–H and O–H groups in total. The summed E-state index contributed by atoms with van der Waals surface area (Å²) in [5, 5.41) is 0. The van der Waals surface area contributed by atoms with Crippen molar-refractivity contribution in [3.8, 4) is 11.5 Å². The fourth-order valence-corrected chi connectivity index (χ4v) is 2.66. The molecule has 4 nitrogen and oxygen atoms in total. The summed E-state index contributed by atoms with van der Waals surface area (Å²) in [7, 11) is 2.13. The van der Waals surface area contributed by atoms with Crippen molar-refractivity contribution in [2.75, 3.05) is 33.4 Å². The van der Waals surface area contributed by atoms with Crippen molar-refractivity contribution in [2.45, 2.75) is 26.3 Å². The Morgan fingerprint density at radius 2 is 1.90 bits per heavy atom. The van der Waals surface area contributed by atoms with Crippen LogP contribution in [0.1, 0.15) is 31.9 Å². The number of nitrogens with zero attached hydrogens (tertiary/aromatic N) is 1. The number of hydrogen-bond acceptors (Lipinski definition) is 4. The fraction of sp³-hybridized carbons (Fsp3) is 0.625. The van der Waals surface area contributed by atoms with E-state index in [-0.39, 0.29) is 6.04 Å². The summed E-state index contributed by atoms with van der Waals surface area (Å²) >= 11 is 0. The third kappa shape index (κ3) is 3.64. The zero-order valence-electron chi connectivity index (χ0n) is 12.8. The molecule has 0 saturated carbocycles. The minimum atomic E-state index is 0.217. The zero-order chi connectivity index (χ0) is 14.5. The first kappa shape index (κ1) is 15.1. The van der Waals surface area contributed by atoms with Crippen molar-refractivity contribution in [3.63, 3.8) is 0 Å². The Morgan fingerprint density at radius 3 is 2.55 bits per heavy atom. The van der Waals surface area contributed by atoms with Gasteiger partial charge in [-0.15, -0.1) is 0 Å². The molecule has 0 aliphatic carbocycles. The lowest BCUT2D eigenvalue weighted by Gasteiger charge is -2.29. The van der Waals surface area contributed by atoms with Gasteiger partial charge in [-0.1, -0.05) is 19.9 Å². The molecule has 1 aromatic rings. The van der Waals surface area contributed by atoms with Gasteiger partial charge in [0, 0.05) is 25.6 Å². The van der Waals surface area contributed by atoms with Crippen LogP contribution in [0.4, 0.5) is 0 Å². The first-order chi connectivity index (χ1) is 9.61. The molecule has 1 unspecified atom stereocenters. The molecule has 1 aliphatic heterocycles. The summed E-state index contributed by atoms with van der Waals surface area (Å²) in [4.78, 5) is 2.31. The Balaban J connectivity index is 2.19. The Morgan fingerprint density at radius 1 is 1.20 bits per heavy atom. The highest BCUT2D eigenvalue weighted by Gasteiger charge is 2.19. The van der Waals surface area contributed by atoms with E-state index in [2.05, 4.69) is 37.9 Å². The van der Waals surface area contributed by atoms with Gasteiger partial charge < -0.3 is 15.2 Å². The quantitative estimate of drug-likeness (QED) is 0.898. The molecule has 4 heteroatoms. The maximum atomic E-state index is 5.97. The summed E-state index contributed by atoms with van der Waals surface area (Å²) in [6.45, 7) is 7.50. The maximum absolute atomic E-state index is 5.97. The molecule has 0 fully saturated rings. The van der Waals surface area contributed by atoms with Crippen LogP contribution in [0.2, 0.25) is 0 Å². The lowest BCUT2D eigenvalue weighted by atomic mass is 10.0. The lowest BCUT2D eigenvalue weighted by Crippen LogP contribution is -2.33. The molecule has 1 atom stereocenters. The summed E-state index contributed by atoms with van der Waals surface area (Å²) in [6.07, 6.45) is 0.928. The van der Waals surface area contributed by atoms with Crippen LogP contribution >= 0.6 is 0 Å². The average molecular weight is 278 g/mol. The molecule has 20 heavy (non-hydrogen) atoms. The molecule has 0 radical (unpaired) electrons. The first-order valence-corrected chi connectivity index (χ1v) is 7.41. The smallest absolute Gasteiger partial charge is 0.161 e. The molecular weight excluding hydrogens is 252 g/mol. The van der Waals surface area contributed by atoms with E-state index >= 15 is 0 Å². The van der Waals surface area contributed by atoms with Crippen LogP contribution in [0.15, 0.2) is 18.2 Å². The van der Waals surface area contributed by atoms with Crippen molar-refractivity contribution >= 4 is 0 Å². The number of hydrogen-bond donors (Lipinski definition) is 1. The van der Waals surface area contributed by atoms with E-state index in [1.54, 1.807) is 0 Å².